The number of carbonyl (C=O) groups is 3. The van der Waals surface area contributed by atoms with E-state index in [1.165, 1.54) is 36.0 Å². The van der Waals surface area contributed by atoms with E-state index in [-0.39, 0.29) is 29.8 Å². The van der Waals surface area contributed by atoms with Crippen LogP contribution in [0.5, 0.6) is 5.75 Å². The molecule has 1 aromatic carbocycles. The van der Waals surface area contributed by atoms with Gasteiger partial charge in [0.15, 0.2) is 23.6 Å². The molecule has 0 aliphatic heterocycles. The van der Waals surface area contributed by atoms with Gasteiger partial charge in [0.05, 0.1) is 30.7 Å². The third kappa shape index (κ3) is 10.7. The molecule has 0 aliphatic rings. The van der Waals surface area contributed by atoms with Gasteiger partial charge in [0.25, 0.3) is 0 Å². The fraction of sp³-hybridized carbons (Fsp3) is 0.571. The zero-order valence-corrected chi connectivity index (χ0v) is 31.8. The third-order valence-corrected chi connectivity index (χ3v) is 10.1. The number of nitrogens with two attached hydrogens (primary N) is 1. The summed E-state index contributed by atoms with van der Waals surface area (Å²) in [6, 6.07) is 9.82. The van der Waals surface area contributed by atoms with Gasteiger partial charge in [-0.05, 0) is 37.1 Å². The van der Waals surface area contributed by atoms with Gasteiger partial charge in [-0.2, -0.15) is 10.2 Å². The van der Waals surface area contributed by atoms with Crippen molar-refractivity contribution < 1.29 is 51.3 Å². The van der Waals surface area contributed by atoms with Gasteiger partial charge in [0.1, 0.15) is 30.3 Å². The summed E-state index contributed by atoms with van der Waals surface area (Å²) in [5.41, 5.74) is 4.22. The number of anilines is 1. The number of methoxy groups -OCH3 is 1. The van der Waals surface area contributed by atoms with Crippen LogP contribution in [0.15, 0.2) is 48.8 Å². The average Bonchev–Trinajstić information content (AvgIpc) is 3.56. The normalized spacial score (nSPS) is 15.8. The number of ether oxygens (including phenoxy) is 4. The Hall–Kier alpha value is -4.11. The Morgan fingerprint density at radius 3 is 2.17 bits per heavy atom. The van der Waals surface area contributed by atoms with Crippen LogP contribution in [-0.2, 0) is 42.4 Å². The second-order valence-corrected chi connectivity index (χ2v) is 14.7. The van der Waals surface area contributed by atoms with Crippen LogP contribution in [0.4, 0.5) is 10.2 Å². The molecular formula is C35H51FN5O10P. The summed E-state index contributed by atoms with van der Waals surface area (Å²) in [6.07, 6.45) is -0.592. The number of aromatic nitrogens is 3. The fourth-order valence-electron chi connectivity index (χ4n) is 4.90. The predicted molar refractivity (Wildman–Crippen MR) is 190 cm³/mol. The summed E-state index contributed by atoms with van der Waals surface area (Å²) in [6.45, 7) is 9.52. The van der Waals surface area contributed by atoms with Crippen molar-refractivity contribution >= 4 is 37.0 Å². The van der Waals surface area contributed by atoms with Crippen LogP contribution in [0.2, 0.25) is 0 Å². The van der Waals surface area contributed by atoms with Gasteiger partial charge in [0, 0.05) is 7.11 Å². The Morgan fingerprint density at radius 1 is 0.962 bits per heavy atom. The van der Waals surface area contributed by atoms with Gasteiger partial charge in [0.2, 0.25) is 0 Å². The summed E-state index contributed by atoms with van der Waals surface area (Å²) >= 11 is 0. The Kier molecular flexibility index (Phi) is 15.5. The van der Waals surface area contributed by atoms with Crippen molar-refractivity contribution in [2.45, 2.75) is 85.2 Å². The second-order valence-electron chi connectivity index (χ2n) is 13.0. The molecule has 0 saturated carbocycles. The zero-order chi connectivity index (χ0) is 38.6. The first kappa shape index (κ1) is 42.3. The first-order chi connectivity index (χ1) is 24.6. The van der Waals surface area contributed by atoms with Gasteiger partial charge in [-0.25, -0.2) is 18.5 Å². The molecule has 0 aliphatic carbocycles. The number of hydrogen-bond donors (Lipinski definition) is 2. The molecule has 3 N–H and O–H groups in total. The summed E-state index contributed by atoms with van der Waals surface area (Å²) in [7, 11) is -3.47. The van der Waals surface area contributed by atoms with Crippen molar-refractivity contribution in [3.05, 3.63) is 54.5 Å². The largest absolute Gasteiger partial charge is 0.464 e. The number of carbonyl (C=O) groups excluding carboxylic acids is 3. The van der Waals surface area contributed by atoms with Crippen LogP contribution < -0.4 is 15.3 Å². The van der Waals surface area contributed by atoms with E-state index in [1.54, 1.807) is 52.0 Å². The predicted octanol–water partition coefficient (Wildman–Crippen LogP) is 5.64. The Balaban J connectivity index is 2.11. The maximum Gasteiger partial charge on any atom is 0.459 e. The molecule has 5 atom stereocenters. The number of benzene rings is 1. The number of rotatable bonds is 21. The van der Waals surface area contributed by atoms with Crippen LogP contribution in [0, 0.1) is 17.8 Å². The lowest BCUT2D eigenvalue weighted by Crippen LogP contribution is -2.56. The molecule has 0 saturated heterocycles. The van der Waals surface area contributed by atoms with Crippen LogP contribution in [0.1, 0.15) is 73.1 Å². The molecule has 15 nitrogen and oxygen atoms in total. The van der Waals surface area contributed by atoms with E-state index >= 15 is 4.39 Å². The number of halogens is 1. The number of hydrogen-bond acceptors (Lipinski definition) is 13. The van der Waals surface area contributed by atoms with Crippen molar-refractivity contribution in [3.63, 3.8) is 0 Å². The van der Waals surface area contributed by atoms with Crippen LogP contribution in [-0.4, -0.2) is 77.3 Å². The topological polar surface area (TPSA) is 192 Å². The van der Waals surface area contributed by atoms with Crippen molar-refractivity contribution in [1.82, 2.24) is 19.7 Å². The van der Waals surface area contributed by atoms with Crippen LogP contribution in [0.3, 0.4) is 0 Å². The average molecular weight is 752 g/mol. The molecule has 0 fully saturated rings. The quantitative estimate of drug-likeness (QED) is 0.0772. The number of para-hydroxylation sites is 1. The highest BCUT2D eigenvalue weighted by Gasteiger charge is 2.52. The van der Waals surface area contributed by atoms with Crippen LogP contribution >= 0.6 is 7.75 Å². The van der Waals surface area contributed by atoms with E-state index in [4.69, 9.17) is 33.7 Å². The van der Waals surface area contributed by atoms with Gasteiger partial charge in [-0.1, -0.05) is 72.6 Å². The number of fused-ring (bicyclic) bond motifs is 1. The highest BCUT2D eigenvalue weighted by atomic mass is 31.2. The number of nitrogen functional groups attached to an aromatic ring is 1. The lowest BCUT2D eigenvalue weighted by Gasteiger charge is -2.40. The second kappa shape index (κ2) is 19.1. The monoisotopic (exact) mass is 751 g/mol. The number of nitrogens with one attached hydrogen (secondary N) is 1. The minimum atomic E-state index is -4.60. The minimum Gasteiger partial charge on any atom is -0.464 e. The van der Waals surface area contributed by atoms with E-state index in [9.17, 15) is 18.9 Å². The van der Waals surface area contributed by atoms with Crippen molar-refractivity contribution in [2.24, 2.45) is 17.8 Å². The summed E-state index contributed by atoms with van der Waals surface area (Å²) < 4.78 is 66.2. The maximum absolute atomic E-state index is 15.7. The van der Waals surface area contributed by atoms with Gasteiger partial charge in [-0.3, -0.25) is 18.9 Å². The fourth-order valence-corrected chi connectivity index (χ4v) is 6.45. The van der Waals surface area contributed by atoms with Crippen molar-refractivity contribution in [1.29, 1.82) is 0 Å². The highest BCUT2D eigenvalue weighted by molar-refractivity contribution is 7.52. The summed E-state index contributed by atoms with van der Waals surface area (Å²) in [5.74, 6) is -3.30. The summed E-state index contributed by atoms with van der Waals surface area (Å²) in [4.78, 5) is 43.5. The molecule has 0 amide bonds. The molecule has 1 unspecified atom stereocenters. The smallest absolute Gasteiger partial charge is 0.459 e. The SMILES string of the molecule is CCC(CC)COC(=O)[C@H](C)NP(=O)(OC[C@@](CF)(OC)[C@@H](OC(=O)C(C)C)[C@@H](OC(=O)C(C)C)c1ccc2c(N)ncnn12)Oc1ccccc1. The van der Waals surface area contributed by atoms with Gasteiger partial charge in [-0.15, -0.1) is 0 Å². The number of nitrogens with zero attached hydrogens (tertiary/aromatic N) is 3. The first-order valence-corrected chi connectivity index (χ1v) is 18.7. The molecule has 0 radical (unpaired) electrons. The molecular weight excluding hydrogens is 700 g/mol. The molecule has 3 aromatic rings. The molecule has 0 bridgehead atoms. The molecule has 288 valence electrons. The van der Waals surface area contributed by atoms with Crippen molar-refractivity contribution in [3.8, 4) is 5.75 Å². The number of alkyl halides is 1. The minimum absolute atomic E-state index is 0.0929. The zero-order valence-electron chi connectivity index (χ0n) is 30.9. The molecule has 2 aromatic heterocycles. The van der Waals surface area contributed by atoms with E-state index in [0.717, 1.165) is 20.0 Å². The Labute approximate surface area is 303 Å². The van der Waals surface area contributed by atoms with E-state index in [1.807, 2.05) is 13.8 Å². The number of esters is 3. The van der Waals surface area contributed by atoms with Crippen molar-refractivity contribution in [2.75, 3.05) is 32.7 Å². The van der Waals surface area contributed by atoms with E-state index < -0.39 is 74.6 Å². The molecule has 3 rings (SSSR count). The molecule has 17 heteroatoms. The van der Waals surface area contributed by atoms with Gasteiger partial charge >= 0.3 is 25.7 Å². The molecule has 52 heavy (non-hydrogen) atoms. The van der Waals surface area contributed by atoms with Crippen LogP contribution in [0.25, 0.3) is 5.52 Å². The van der Waals surface area contributed by atoms with E-state index in [0.29, 0.717) is 5.52 Å². The van der Waals surface area contributed by atoms with E-state index in [2.05, 4.69) is 15.2 Å². The maximum atomic E-state index is 15.7. The summed E-state index contributed by atoms with van der Waals surface area (Å²) in [5, 5.41) is 6.82. The lowest BCUT2D eigenvalue weighted by molar-refractivity contribution is -0.211. The Morgan fingerprint density at radius 2 is 1.60 bits per heavy atom. The first-order valence-electron chi connectivity index (χ1n) is 17.2. The Bertz CT molecular complexity index is 1670. The lowest BCUT2D eigenvalue weighted by atomic mass is 9.91. The highest BCUT2D eigenvalue weighted by Crippen LogP contribution is 2.47. The third-order valence-electron chi connectivity index (χ3n) is 8.43. The van der Waals surface area contributed by atoms with Gasteiger partial charge < -0.3 is 29.2 Å². The standard InChI is InChI=1S/C35H51FN5O10P/c1-9-25(10-2)18-47-34(44)24(7)40-52(45,51-26-14-12-11-13-15-26)48-20-35(19-36,46-8)30(50-33(43)23(5)6)29(49-32(42)22(3)4)27-16-17-28-31(37)38-21-39-41(27)28/h11-17,21-25,29-30H,9-10,18-20H2,1-8H3,(H,40,45)(H2,37,38,39)/t24-,29-,30-,35+,52?/m0/s1. The molecule has 2 heterocycles. The molecule has 0 spiro atoms.